The summed E-state index contributed by atoms with van der Waals surface area (Å²) < 4.78 is 0. The molecule has 0 bridgehead atoms. The monoisotopic (exact) mass is 155 g/mol. The number of hydrogen-bond donors (Lipinski definition) is 1. The van der Waals surface area contributed by atoms with E-state index in [0.717, 1.165) is 12.1 Å². The molecule has 1 aliphatic heterocycles. The number of hydrazone groups is 1. The van der Waals surface area contributed by atoms with Gasteiger partial charge in [-0.1, -0.05) is 0 Å². The molecule has 0 unspecified atom stereocenters. The first-order valence-electron chi connectivity index (χ1n) is 4.04. The summed E-state index contributed by atoms with van der Waals surface area (Å²) >= 11 is 0. The fourth-order valence-electron chi connectivity index (χ4n) is 1.44. The van der Waals surface area contributed by atoms with Crippen molar-refractivity contribution in [3.8, 4) is 0 Å². The van der Waals surface area contributed by atoms with Crippen molar-refractivity contribution in [2.24, 2.45) is 10.9 Å². The molecule has 0 saturated carbocycles. The Labute approximate surface area is 68.3 Å². The zero-order valence-electron chi connectivity index (χ0n) is 7.59. The van der Waals surface area contributed by atoms with Crippen LogP contribution in [0.25, 0.3) is 0 Å². The molecule has 1 saturated heterocycles. The summed E-state index contributed by atoms with van der Waals surface area (Å²) in [4.78, 5) is 2.42. The highest BCUT2D eigenvalue weighted by atomic mass is 15.3. The summed E-state index contributed by atoms with van der Waals surface area (Å²) in [7, 11) is 0. The Kier molecular flexibility index (Phi) is 2.18. The van der Waals surface area contributed by atoms with Crippen LogP contribution in [0.3, 0.4) is 0 Å². The summed E-state index contributed by atoms with van der Waals surface area (Å²) in [6.07, 6.45) is 0.976. The van der Waals surface area contributed by atoms with Crippen LogP contribution in [0.4, 0.5) is 0 Å². The van der Waals surface area contributed by atoms with Crippen LogP contribution < -0.4 is 5.84 Å². The standard InChI is InChI=1S/C8H17N3/c1-7(10-9)6-8(2,3)11-4-5-11/h4-6,9H2,1-3H3/b10-7+. The average molecular weight is 155 g/mol. The van der Waals surface area contributed by atoms with Crippen molar-refractivity contribution in [2.75, 3.05) is 13.1 Å². The molecular formula is C8H17N3. The minimum atomic E-state index is 0.257. The lowest BCUT2D eigenvalue weighted by molar-refractivity contribution is 0.291. The highest BCUT2D eigenvalue weighted by Crippen LogP contribution is 2.25. The van der Waals surface area contributed by atoms with Crippen LogP contribution in [0.2, 0.25) is 0 Å². The Morgan fingerprint density at radius 1 is 1.55 bits per heavy atom. The minimum absolute atomic E-state index is 0.257. The van der Waals surface area contributed by atoms with E-state index in [-0.39, 0.29) is 5.54 Å². The Balaban J connectivity index is 2.45. The summed E-state index contributed by atoms with van der Waals surface area (Å²) in [5.41, 5.74) is 1.29. The molecule has 64 valence electrons. The van der Waals surface area contributed by atoms with Crippen LogP contribution in [0.1, 0.15) is 27.2 Å². The Morgan fingerprint density at radius 2 is 2.09 bits per heavy atom. The second-order valence-corrected chi connectivity index (χ2v) is 3.84. The Morgan fingerprint density at radius 3 is 2.45 bits per heavy atom. The molecule has 1 aliphatic rings. The summed E-state index contributed by atoms with van der Waals surface area (Å²) in [6, 6.07) is 0. The summed E-state index contributed by atoms with van der Waals surface area (Å²) in [5, 5.41) is 3.67. The largest absolute Gasteiger partial charge is 0.323 e. The van der Waals surface area contributed by atoms with E-state index in [9.17, 15) is 0 Å². The van der Waals surface area contributed by atoms with Crippen LogP contribution in [0, 0.1) is 0 Å². The topological polar surface area (TPSA) is 41.4 Å². The van der Waals surface area contributed by atoms with E-state index in [1.807, 2.05) is 6.92 Å². The minimum Gasteiger partial charge on any atom is -0.323 e. The van der Waals surface area contributed by atoms with E-state index in [1.165, 1.54) is 13.1 Å². The van der Waals surface area contributed by atoms with Crippen molar-refractivity contribution in [1.82, 2.24) is 4.90 Å². The van der Waals surface area contributed by atoms with Crippen LogP contribution in [-0.2, 0) is 0 Å². The van der Waals surface area contributed by atoms with Crippen LogP contribution in [0.15, 0.2) is 5.10 Å². The predicted octanol–water partition coefficient (Wildman–Crippen LogP) is 0.805. The van der Waals surface area contributed by atoms with Gasteiger partial charge in [0.15, 0.2) is 0 Å². The highest BCUT2D eigenvalue weighted by molar-refractivity contribution is 5.82. The lowest BCUT2D eigenvalue weighted by Gasteiger charge is -2.25. The van der Waals surface area contributed by atoms with E-state index < -0.39 is 0 Å². The second kappa shape index (κ2) is 2.81. The lowest BCUT2D eigenvalue weighted by Crippen LogP contribution is -2.32. The van der Waals surface area contributed by atoms with Gasteiger partial charge in [0, 0.05) is 30.8 Å². The molecule has 0 radical (unpaired) electrons. The zero-order valence-corrected chi connectivity index (χ0v) is 7.59. The fraction of sp³-hybridized carbons (Fsp3) is 0.875. The van der Waals surface area contributed by atoms with Crippen molar-refractivity contribution in [3.05, 3.63) is 0 Å². The third-order valence-corrected chi connectivity index (χ3v) is 2.21. The van der Waals surface area contributed by atoms with Crippen molar-refractivity contribution >= 4 is 5.71 Å². The fourth-order valence-corrected chi connectivity index (χ4v) is 1.44. The normalized spacial score (nSPS) is 20.5. The molecule has 0 atom stereocenters. The van der Waals surface area contributed by atoms with Gasteiger partial charge in [-0.2, -0.15) is 5.10 Å². The van der Waals surface area contributed by atoms with E-state index in [1.54, 1.807) is 0 Å². The molecule has 0 aromatic carbocycles. The Hall–Kier alpha value is -0.570. The third-order valence-electron chi connectivity index (χ3n) is 2.21. The molecule has 0 aromatic heterocycles. The second-order valence-electron chi connectivity index (χ2n) is 3.84. The van der Waals surface area contributed by atoms with E-state index in [2.05, 4.69) is 23.8 Å². The molecule has 3 nitrogen and oxygen atoms in total. The van der Waals surface area contributed by atoms with E-state index >= 15 is 0 Å². The third kappa shape index (κ3) is 2.19. The van der Waals surface area contributed by atoms with Gasteiger partial charge >= 0.3 is 0 Å². The molecule has 0 amide bonds. The highest BCUT2D eigenvalue weighted by Gasteiger charge is 2.34. The van der Waals surface area contributed by atoms with Gasteiger partial charge in [0.1, 0.15) is 0 Å². The predicted molar refractivity (Wildman–Crippen MR) is 47.6 cm³/mol. The van der Waals surface area contributed by atoms with Gasteiger partial charge in [0.05, 0.1) is 0 Å². The maximum absolute atomic E-state index is 5.17. The first-order chi connectivity index (χ1) is 5.06. The van der Waals surface area contributed by atoms with Crippen LogP contribution >= 0.6 is 0 Å². The quantitative estimate of drug-likeness (QED) is 0.283. The van der Waals surface area contributed by atoms with Gasteiger partial charge in [-0.25, -0.2) is 0 Å². The molecule has 3 heteroatoms. The molecule has 11 heavy (non-hydrogen) atoms. The van der Waals surface area contributed by atoms with E-state index in [0.29, 0.717) is 0 Å². The maximum atomic E-state index is 5.17. The summed E-state index contributed by atoms with van der Waals surface area (Å²) in [6.45, 7) is 8.89. The number of hydrogen-bond acceptors (Lipinski definition) is 3. The molecule has 0 aromatic rings. The molecule has 1 fully saturated rings. The van der Waals surface area contributed by atoms with Crippen LogP contribution in [-0.4, -0.2) is 29.2 Å². The van der Waals surface area contributed by atoms with Gasteiger partial charge in [-0.3, -0.25) is 4.90 Å². The SMILES string of the molecule is C/C(CC(C)(C)N1CC1)=N\N. The van der Waals surface area contributed by atoms with Gasteiger partial charge in [0.25, 0.3) is 0 Å². The van der Waals surface area contributed by atoms with E-state index in [4.69, 9.17) is 5.84 Å². The molecular weight excluding hydrogens is 138 g/mol. The smallest absolute Gasteiger partial charge is 0.0363 e. The summed E-state index contributed by atoms with van der Waals surface area (Å²) in [5.74, 6) is 5.17. The van der Waals surface area contributed by atoms with Gasteiger partial charge < -0.3 is 5.84 Å². The number of nitrogens with zero attached hydrogens (tertiary/aromatic N) is 2. The molecule has 0 aliphatic carbocycles. The lowest BCUT2D eigenvalue weighted by atomic mass is 9.98. The van der Waals surface area contributed by atoms with Gasteiger partial charge in [-0.15, -0.1) is 0 Å². The average Bonchev–Trinajstić information content (AvgIpc) is 2.66. The molecule has 1 rings (SSSR count). The van der Waals surface area contributed by atoms with Crippen molar-refractivity contribution in [3.63, 3.8) is 0 Å². The maximum Gasteiger partial charge on any atom is 0.0363 e. The molecule has 1 heterocycles. The van der Waals surface area contributed by atoms with Gasteiger partial charge in [-0.05, 0) is 20.8 Å². The zero-order chi connectivity index (χ0) is 8.48. The Bertz CT molecular complexity index is 168. The molecule has 2 N–H and O–H groups in total. The molecule has 0 spiro atoms. The number of nitrogens with two attached hydrogens (primary N) is 1. The van der Waals surface area contributed by atoms with Gasteiger partial charge in [0.2, 0.25) is 0 Å². The first-order valence-corrected chi connectivity index (χ1v) is 4.04. The van der Waals surface area contributed by atoms with Crippen molar-refractivity contribution in [2.45, 2.75) is 32.7 Å². The number of rotatable bonds is 3. The van der Waals surface area contributed by atoms with Crippen molar-refractivity contribution < 1.29 is 0 Å². The van der Waals surface area contributed by atoms with Crippen molar-refractivity contribution in [1.29, 1.82) is 0 Å². The first kappa shape index (κ1) is 8.53. The van der Waals surface area contributed by atoms with Crippen LogP contribution in [0.5, 0.6) is 0 Å².